The lowest BCUT2D eigenvalue weighted by Gasteiger charge is -2.64. The van der Waals surface area contributed by atoms with Crippen molar-refractivity contribution in [3.05, 3.63) is 24.0 Å². The summed E-state index contributed by atoms with van der Waals surface area (Å²) in [4.78, 5) is 27.9. The van der Waals surface area contributed by atoms with Crippen molar-refractivity contribution < 1.29 is 24.9 Å². The quantitative estimate of drug-likeness (QED) is 0.420. The Hall–Kier alpha value is -1.99. The summed E-state index contributed by atoms with van der Waals surface area (Å²) >= 11 is 0. The molecule has 10 atom stereocenters. The van der Waals surface area contributed by atoms with Crippen LogP contribution >= 0.6 is 0 Å². The molecule has 4 aliphatic carbocycles. The Labute approximate surface area is 220 Å². The number of fused-ring (bicyclic) bond motifs is 5. The van der Waals surface area contributed by atoms with Gasteiger partial charge in [0.25, 0.3) is 0 Å². The Kier molecular flexibility index (Phi) is 7.16. The highest BCUT2D eigenvalue weighted by atomic mass is 16.4. The molecule has 0 radical (unpaired) electrons. The van der Waals surface area contributed by atoms with Crippen molar-refractivity contribution >= 4 is 17.6 Å². The van der Waals surface area contributed by atoms with Crippen molar-refractivity contribution in [2.45, 2.75) is 97.2 Å². The maximum atomic E-state index is 12.8. The number of aliphatic hydroxyl groups is 2. The minimum atomic E-state index is -1.07. The SMILES string of the molecule is CC[C@H]1[C@@H](O)[C@@H]2[C@H](CC[C@]3(C)[C@@H](CCC(=O)Nc4cncc(C(=O)O)c4)CC[C@@H]23)[C@@]2(C)CC[C@@H](O)C[C@@H]12. The molecule has 0 unspecified atom stereocenters. The number of aromatic nitrogens is 1. The predicted molar refractivity (Wildman–Crippen MR) is 141 cm³/mol. The summed E-state index contributed by atoms with van der Waals surface area (Å²) < 4.78 is 0. The third-order valence-corrected chi connectivity index (χ3v) is 11.6. The second-order valence-electron chi connectivity index (χ2n) is 13.1. The van der Waals surface area contributed by atoms with Gasteiger partial charge in [0.1, 0.15) is 0 Å². The van der Waals surface area contributed by atoms with Crippen LogP contribution in [0.3, 0.4) is 0 Å². The van der Waals surface area contributed by atoms with Gasteiger partial charge in [0, 0.05) is 12.6 Å². The molecule has 5 rings (SSSR count). The fourth-order valence-electron chi connectivity index (χ4n) is 9.69. The van der Waals surface area contributed by atoms with Gasteiger partial charge in [0.05, 0.1) is 29.7 Å². The lowest BCUT2D eigenvalue weighted by molar-refractivity contribution is -0.202. The minimum Gasteiger partial charge on any atom is -0.478 e. The average Bonchev–Trinajstić information content (AvgIpc) is 3.20. The van der Waals surface area contributed by atoms with E-state index in [1.54, 1.807) is 0 Å². The van der Waals surface area contributed by atoms with Crippen molar-refractivity contribution in [1.29, 1.82) is 0 Å². The van der Waals surface area contributed by atoms with Crippen molar-refractivity contribution in [2.75, 3.05) is 5.32 Å². The van der Waals surface area contributed by atoms with Gasteiger partial charge in [-0.3, -0.25) is 9.78 Å². The number of carboxylic acid groups (broad SMARTS) is 1. The van der Waals surface area contributed by atoms with Crippen molar-refractivity contribution in [1.82, 2.24) is 4.98 Å². The molecule has 7 heteroatoms. The van der Waals surface area contributed by atoms with Crippen LogP contribution in [0.2, 0.25) is 0 Å². The molecule has 0 spiro atoms. The van der Waals surface area contributed by atoms with Crippen LogP contribution in [0.25, 0.3) is 0 Å². The second-order valence-corrected chi connectivity index (χ2v) is 13.1. The summed E-state index contributed by atoms with van der Waals surface area (Å²) in [7, 11) is 0. The van der Waals surface area contributed by atoms with Gasteiger partial charge >= 0.3 is 5.97 Å². The third kappa shape index (κ3) is 4.50. The van der Waals surface area contributed by atoms with Crippen molar-refractivity contribution in [2.24, 2.45) is 46.3 Å². The normalized spacial score (nSPS) is 42.8. The van der Waals surface area contributed by atoms with E-state index < -0.39 is 5.97 Å². The maximum absolute atomic E-state index is 12.8. The summed E-state index contributed by atoms with van der Waals surface area (Å²) in [5.74, 6) is 1.22. The third-order valence-electron chi connectivity index (χ3n) is 11.6. The lowest BCUT2D eigenvalue weighted by Crippen LogP contribution is -2.62. The highest BCUT2D eigenvalue weighted by Gasteiger charge is 2.64. The van der Waals surface area contributed by atoms with Gasteiger partial charge in [0.15, 0.2) is 0 Å². The number of pyridine rings is 1. The van der Waals surface area contributed by atoms with Crippen molar-refractivity contribution in [3.63, 3.8) is 0 Å². The first kappa shape index (κ1) is 26.6. The highest BCUT2D eigenvalue weighted by Crippen LogP contribution is 2.69. The maximum Gasteiger partial charge on any atom is 0.337 e. The highest BCUT2D eigenvalue weighted by molar-refractivity contribution is 5.93. The molecule has 4 fully saturated rings. The molecule has 1 amide bonds. The zero-order valence-electron chi connectivity index (χ0n) is 22.5. The van der Waals surface area contributed by atoms with Gasteiger partial charge in [-0.05, 0) is 104 Å². The number of nitrogens with one attached hydrogen (secondary N) is 1. The number of carbonyl (C=O) groups is 2. The molecule has 204 valence electrons. The molecule has 1 aromatic heterocycles. The van der Waals surface area contributed by atoms with E-state index in [9.17, 15) is 24.9 Å². The van der Waals surface area contributed by atoms with Gasteiger partial charge < -0.3 is 20.6 Å². The van der Waals surface area contributed by atoms with Crippen LogP contribution in [-0.2, 0) is 4.79 Å². The molecule has 4 aliphatic rings. The summed E-state index contributed by atoms with van der Waals surface area (Å²) in [6.45, 7) is 7.08. The number of anilines is 1. The standard InChI is InChI=1S/C30H44N2O5/c1-4-21-24-14-20(33)9-11-30(24,3)23-10-12-29(2)18(5-7-22(29)26(23)27(21)35)6-8-25(34)32-19-13-17(28(36)37)15-31-16-19/h13,15-16,18,20-24,26-27,33,35H,4-12,14H2,1-3H3,(H,32,34)(H,36,37)/t18-,20-,21-,22+,23+,24+,26+,27-,29-,30-/m1/s1. The molecule has 37 heavy (non-hydrogen) atoms. The number of carbonyl (C=O) groups excluding carboxylic acids is 1. The molecule has 0 aliphatic heterocycles. The summed E-state index contributed by atoms with van der Waals surface area (Å²) in [5, 5.41) is 34.3. The average molecular weight is 513 g/mol. The Balaban J connectivity index is 1.28. The number of rotatable bonds is 6. The second kappa shape index (κ2) is 9.96. The van der Waals surface area contributed by atoms with Crippen LogP contribution in [0.15, 0.2) is 18.5 Å². The molecule has 0 saturated heterocycles. The zero-order valence-corrected chi connectivity index (χ0v) is 22.5. The first-order valence-electron chi connectivity index (χ1n) is 14.4. The molecule has 0 bridgehead atoms. The summed E-state index contributed by atoms with van der Waals surface area (Å²) in [6.07, 6.45) is 11.6. The van der Waals surface area contributed by atoms with Gasteiger partial charge in [-0.1, -0.05) is 27.2 Å². The Morgan fingerprint density at radius 1 is 1.03 bits per heavy atom. The van der Waals surface area contributed by atoms with Crippen LogP contribution in [0.5, 0.6) is 0 Å². The Morgan fingerprint density at radius 3 is 2.49 bits per heavy atom. The van der Waals surface area contributed by atoms with Gasteiger partial charge in [-0.15, -0.1) is 0 Å². The molecular weight excluding hydrogens is 468 g/mol. The largest absolute Gasteiger partial charge is 0.478 e. The zero-order chi connectivity index (χ0) is 26.5. The molecule has 0 aromatic carbocycles. The van der Waals surface area contributed by atoms with E-state index in [0.29, 0.717) is 41.7 Å². The number of aliphatic hydroxyl groups excluding tert-OH is 2. The van der Waals surface area contributed by atoms with E-state index in [1.165, 1.54) is 18.5 Å². The fraction of sp³-hybridized carbons (Fsp3) is 0.767. The van der Waals surface area contributed by atoms with E-state index >= 15 is 0 Å². The number of aromatic carboxylic acids is 1. The van der Waals surface area contributed by atoms with Crippen LogP contribution in [0.1, 0.15) is 95.3 Å². The number of amides is 1. The summed E-state index contributed by atoms with van der Waals surface area (Å²) in [6, 6.07) is 1.44. The van der Waals surface area contributed by atoms with Crippen LogP contribution in [0.4, 0.5) is 5.69 Å². The summed E-state index contributed by atoms with van der Waals surface area (Å²) in [5.41, 5.74) is 0.794. The van der Waals surface area contributed by atoms with E-state index in [0.717, 1.165) is 57.8 Å². The predicted octanol–water partition coefficient (Wildman–Crippen LogP) is 5.13. The van der Waals surface area contributed by atoms with Crippen molar-refractivity contribution in [3.8, 4) is 0 Å². The molecule has 4 N–H and O–H groups in total. The molecule has 7 nitrogen and oxygen atoms in total. The first-order chi connectivity index (χ1) is 17.6. The molecule has 1 heterocycles. The molecule has 1 aromatic rings. The van der Waals surface area contributed by atoms with Crippen LogP contribution < -0.4 is 5.32 Å². The van der Waals surface area contributed by atoms with E-state index in [1.807, 2.05) is 0 Å². The number of hydrogen-bond donors (Lipinski definition) is 4. The minimum absolute atomic E-state index is 0.0561. The van der Waals surface area contributed by atoms with Gasteiger partial charge in [-0.25, -0.2) is 4.79 Å². The molecular formula is C30H44N2O5. The smallest absolute Gasteiger partial charge is 0.337 e. The van der Waals surface area contributed by atoms with Gasteiger partial charge in [-0.2, -0.15) is 0 Å². The number of nitrogens with zero attached hydrogens (tertiary/aromatic N) is 1. The van der Waals surface area contributed by atoms with Crippen LogP contribution in [0, 0.1) is 46.3 Å². The van der Waals surface area contributed by atoms with E-state index in [2.05, 4.69) is 31.1 Å². The lowest BCUT2D eigenvalue weighted by atomic mass is 9.41. The van der Waals surface area contributed by atoms with E-state index in [4.69, 9.17) is 0 Å². The Bertz CT molecular complexity index is 1030. The first-order valence-corrected chi connectivity index (χ1v) is 14.4. The Morgan fingerprint density at radius 2 is 1.76 bits per heavy atom. The number of hydrogen-bond acceptors (Lipinski definition) is 5. The van der Waals surface area contributed by atoms with Crippen LogP contribution in [-0.4, -0.2) is 44.4 Å². The van der Waals surface area contributed by atoms with Gasteiger partial charge in [0.2, 0.25) is 5.91 Å². The molecule has 4 saturated carbocycles. The topological polar surface area (TPSA) is 120 Å². The number of carboxylic acids is 1. The monoisotopic (exact) mass is 512 g/mol. The fourth-order valence-corrected chi connectivity index (χ4v) is 9.69. The van der Waals surface area contributed by atoms with E-state index in [-0.39, 0.29) is 40.4 Å².